The lowest BCUT2D eigenvalue weighted by molar-refractivity contribution is -0.137. The van der Waals surface area contributed by atoms with Crippen LogP contribution in [0.1, 0.15) is 17.7 Å². The van der Waals surface area contributed by atoms with Crippen LogP contribution in [0.25, 0.3) is 22.0 Å². The summed E-state index contributed by atoms with van der Waals surface area (Å²) in [6, 6.07) is 25.1. The molecule has 0 aliphatic rings. The molecular formula is C25H20F3NO. The van der Waals surface area contributed by atoms with Gasteiger partial charge in [-0.3, -0.25) is 4.98 Å². The number of aromatic nitrogens is 1. The fourth-order valence-corrected chi connectivity index (χ4v) is 3.38. The molecular weight excluding hydrogens is 387 g/mol. The lowest BCUT2D eigenvalue weighted by atomic mass is 9.99. The van der Waals surface area contributed by atoms with Gasteiger partial charge in [-0.1, -0.05) is 48.5 Å². The SMILES string of the molecule is FC(F)(F)c1ccc(OCCCc2nc3ccccc3cc2-c2ccccc2)cc1. The van der Waals surface area contributed by atoms with Gasteiger partial charge in [0.25, 0.3) is 0 Å². The second-order valence-corrected chi connectivity index (χ2v) is 7.02. The van der Waals surface area contributed by atoms with E-state index in [1.807, 2.05) is 42.5 Å². The largest absolute Gasteiger partial charge is 0.494 e. The molecule has 4 aromatic rings. The van der Waals surface area contributed by atoms with Gasteiger partial charge in [0.1, 0.15) is 5.75 Å². The molecule has 0 N–H and O–H groups in total. The second kappa shape index (κ2) is 8.57. The van der Waals surface area contributed by atoms with Gasteiger partial charge < -0.3 is 4.74 Å². The van der Waals surface area contributed by atoms with Crippen LogP contribution >= 0.6 is 0 Å². The van der Waals surface area contributed by atoms with Gasteiger partial charge >= 0.3 is 6.18 Å². The van der Waals surface area contributed by atoms with E-state index in [4.69, 9.17) is 9.72 Å². The molecule has 2 nitrogen and oxygen atoms in total. The summed E-state index contributed by atoms with van der Waals surface area (Å²) >= 11 is 0. The second-order valence-electron chi connectivity index (χ2n) is 7.02. The van der Waals surface area contributed by atoms with E-state index < -0.39 is 11.7 Å². The molecule has 4 rings (SSSR count). The molecule has 152 valence electrons. The number of hydrogen-bond acceptors (Lipinski definition) is 2. The van der Waals surface area contributed by atoms with Crippen molar-refractivity contribution in [1.29, 1.82) is 0 Å². The highest BCUT2D eigenvalue weighted by atomic mass is 19.4. The summed E-state index contributed by atoms with van der Waals surface area (Å²) < 4.78 is 43.6. The van der Waals surface area contributed by atoms with Crippen LogP contribution in [0.2, 0.25) is 0 Å². The van der Waals surface area contributed by atoms with E-state index in [9.17, 15) is 13.2 Å². The maximum Gasteiger partial charge on any atom is 0.416 e. The Morgan fingerprint density at radius 3 is 2.23 bits per heavy atom. The number of alkyl halides is 3. The number of aryl methyl sites for hydroxylation is 1. The molecule has 0 radical (unpaired) electrons. The molecule has 0 amide bonds. The summed E-state index contributed by atoms with van der Waals surface area (Å²) in [5.41, 5.74) is 3.44. The minimum atomic E-state index is -4.34. The van der Waals surface area contributed by atoms with Crippen molar-refractivity contribution in [2.45, 2.75) is 19.0 Å². The van der Waals surface area contributed by atoms with Gasteiger partial charge in [-0.05, 0) is 54.8 Å². The maximum absolute atomic E-state index is 12.7. The predicted octanol–water partition coefficient (Wildman–Crippen LogP) is 6.93. The van der Waals surface area contributed by atoms with Gasteiger partial charge in [0.2, 0.25) is 0 Å². The van der Waals surface area contributed by atoms with Crippen molar-refractivity contribution in [3.05, 3.63) is 96.2 Å². The van der Waals surface area contributed by atoms with Crippen LogP contribution in [0, 0.1) is 0 Å². The highest BCUT2D eigenvalue weighted by molar-refractivity contribution is 5.84. The molecule has 0 fully saturated rings. The Labute approximate surface area is 173 Å². The molecule has 0 atom stereocenters. The van der Waals surface area contributed by atoms with E-state index in [2.05, 4.69) is 18.2 Å². The van der Waals surface area contributed by atoms with Crippen molar-refractivity contribution in [2.24, 2.45) is 0 Å². The van der Waals surface area contributed by atoms with Crippen LogP contribution < -0.4 is 4.74 Å². The summed E-state index contributed by atoms with van der Waals surface area (Å²) in [5, 5.41) is 1.08. The minimum absolute atomic E-state index is 0.397. The third-order valence-corrected chi connectivity index (χ3v) is 4.90. The van der Waals surface area contributed by atoms with E-state index in [1.54, 1.807) is 0 Å². The van der Waals surface area contributed by atoms with Crippen LogP contribution in [0.4, 0.5) is 13.2 Å². The fourth-order valence-electron chi connectivity index (χ4n) is 3.38. The van der Waals surface area contributed by atoms with Gasteiger partial charge in [-0.25, -0.2) is 0 Å². The van der Waals surface area contributed by atoms with Crippen molar-refractivity contribution in [1.82, 2.24) is 4.98 Å². The summed E-state index contributed by atoms with van der Waals surface area (Å²) in [5.74, 6) is 0.428. The molecule has 0 bridgehead atoms. The highest BCUT2D eigenvalue weighted by Crippen LogP contribution is 2.30. The maximum atomic E-state index is 12.7. The zero-order valence-electron chi connectivity index (χ0n) is 16.2. The Morgan fingerprint density at radius 1 is 0.800 bits per heavy atom. The first kappa shape index (κ1) is 20.0. The summed E-state index contributed by atoms with van der Waals surface area (Å²) in [4.78, 5) is 4.85. The number of benzene rings is 3. The predicted molar refractivity (Wildman–Crippen MR) is 112 cm³/mol. The van der Waals surface area contributed by atoms with E-state index in [0.717, 1.165) is 39.9 Å². The van der Waals surface area contributed by atoms with Crippen LogP contribution in [-0.2, 0) is 12.6 Å². The lowest BCUT2D eigenvalue weighted by Crippen LogP contribution is -2.05. The molecule has 0 unspecified atom stereocenters. The molecule has 30 heavy (non-hydrogen) atoms. The summed E-state index contributed by atoms with van der Waals surface area (Å²) in [7, 11) is 0. The van der Waals surface area contributed by atoms with Crippen molar-refractivity contribution < 1.29 is 17.9 Å². The number of halogens is 3. The van der Waals surface area contributed by atoms with Crippen molar-refractivity contribution in [3.63, 3.8) is 0 Å². The third-order valence-electron chi connectivity index (χ3n) is 4.90. The summed E-state index contributed by atoms with van der Waals surface area (Å²) in [6.45, 7) is 0.397. The van der Waals surface area contributed by atoms with Crippen LogP contribution in [-0.4, -0.2) is 11.6 Å². The molecule has 5 heteroatoms. The number of ether oxygens (including phenoxy) is 1. The Balaban J connectivity index is 1.47. The molecule has 0 aliphatic carbocycles. The van der Waals surface area contributed by atoms with Crippen molar-refractivity contribution in [3.8, 4) is 16.9 Å². The van der Waals surface area contributed by atoms with Gasteiger partial charge in [0.15, 0.2) is 0 Å². The molecule has 1 heterocycles. The van der Waals surface area contributed by atoms with Gasteiger partial charge in [0.05, 0.1) is 17.7 Å². The number of rotatable bonds is 6. The Morgan fingerprint density at radius 2 is 1.50 bits per heavy atom. The lowest BCUT2D eigenvalue weighted by Gasteiger charge is -2.12. The van der Waals surface area contributed by atoms with Gasteiger partial charge in [-0.15, -0.1) is 0 Å². The van der Waals surface area contributed by atoms with Gasteiger partial charge in [-0.2, -0.15) is 13.2 Å². The first-order chi connectivity index (χ1) is 14.5. The molecule has 0 saturated heterocycles. The Bertz CT molecular complexity index is 1120. The molecule has 0 spiro atoms. The number of fused-ring (bicyclic) bond motifs is 1. The number of hydrogen-bond donors (Lipinski definition) is 0. The molecule has 3 aromatic carbocycles. The zero-order chi connectivity index (χ0) is 21.0. The topological polar surface area (TPSA) is 22.1 Å². The van der Waals surface area contributed by atoms with Crippen LogP contribution in [0.5, 0.6) is 5.75 Å². The number of nitrogens with zero attached hydrogens (tertiary/aromatic N) is 1. The van der Waals surface area contributed by atoms with Crippen LogP contribution in [0.15, 0.2) is 84.9 Å². The number of para-hydroxylation sites is 1. The normalized spacial score (nSPS) is 11.6. The fraction of sp³-hybridized carbons (Fsp3) is 0.160. The van der Waals surface area contributed by atoms with Crippen molar-refractivity contribution in [2.75, 3.05) is 6.61 Å². The third kappa shape index (κ3) is 4.62. The van der Waals surface area contributed by atoms with E-state index in [0.29, 0.717) is 25.2 Å². The average Bonchev–Trinajstić information content (AvgIpc) is 2.76. The number of pyridine rings is 1. The van der Waals surface area contributed by atoms with E-state index in [1.165, 1.54) is 12.1 Å². The molecule has 0 saturated carbocycles. The first-order valence-corrected chi connectivity index (χ1v) is 9.75. The summed E-state index contributed by atoms with van der Waals surface area (Å²) in [6.07, 6.45) is -2.93. The quantitative estimate of drug-likeness (QED) is 0.323. The Hall–Kier alpha value is -3.34. The highest BCUT2D eigenvalue weighted by Gasteiger charge is 2.30. The van der Waals surface area contributed by atoms with Gasteiger partial charge in [0, 0.05) is 16.6 Å². The minimum Gasteiger partial charge on any atom is -0.494 e. The Kier molecular flexibility index (Phi) is 5.70. The zero-order valence-corrected chi connectivity index (χ0v) is 16.2. The molecule has 1 aromatic heterocycles. The van der Waals surface area contributed by atoms with E-state index >= 15 is 0 Å². The van der Waals surface area contributed by atoms with Crippen LogP contribution in [0.3, 0.4) is 0 Å². The monoisotopic (exact) mass is 407 g/mol. The van der Waals surface area contributed by atoms with Crippen molar-refractivity contribution >= 4 is 10.9 Å². The average molecular weight is 407 g/mol. The first-order valence-electron chi connectivity index (χ1n) is 9.75. The standard InChI is InChI=1S/C25H20F3NO/c26-25(27,28)20-12-14-21(15-13-20)30-16-6-11-24-22(18-7-2-1-3-8-18)17-19-9-4-5-10-23(19)29-24/h1-5,7-10,12-15,17H,6,11,16H2. The van der Waals surface area contributed by atoms with E-state index in [-0.39, 0.29) is 0 Å². The molecule has 0 aliphatic heterocycles. The smallest absolute Gasteiger partial charge is 0.416 e.